The van der Waals surface area contributed by atoms with Gasteiger partial charge in [0.1, 0.15) is 11.6 Å². The Morgan fingerprint density at radius 2 is 2.18 bits per heavy atom. The zero-order valence-corrected chi connectivity index (χ0v) is 11.8. The molecule has 0 saturated carbocycles. The number of halogens is 2. The molecule has 4 nitrogen and oxygen atoms in total. The van der Waals surface area contributed by atoms with Gasteiger partial charge < -0.3 is 10.2 Å². The smallest absolute Gasteiger partial charge is 0.253 e. The van der Waals surface area contributed by atoms with E-state index >= 15 is 0 Å². The topological polar surface area (TPSA) is 45.2 Å². The molecule has 1 saturated heterocycles. The molecule has 1 aliphatic heterocycles. The molecule has 1 aromatic carbocycles. The number of hydrogen-bond acceptors (Lipinski definition) is 3. The first-order valence-corrected chi connectivity index (χ1v) is 7.04. The molecule has 1 atom stereocenters. The van der Waals surface area contributed by atoms with Crippen molar-refractivity contribution in [1.29, 1.82) is 0 Å². The lowest BCUT2D eigenvalue weighted by Crippen LogP contribution is -2.37. The minimum Gasteiger partial charge on any atom is -0.367 e. The van der Waals surface area contributed by atoms with Crippen molar-refractivity contribution in [3.05, 3.63) is 59.9 Å². The van der Waals surface area contributed by atoms with Crippen LogP contribution in [0.2, 0.25) is 0 Å². The third-order valence-electron chi connectivity index (χ3n) is 3.70. The number of carbonyl (C=O) groups excluding carboxylic acids is 1. The molecule has 2 heterocycles. The van der Waals surface area contributed by atoms with E-state index < -0.39 is 11.6 Å². The van der Waals surface area contributed by atoms with E-state index in [2.05, 4.69) is 10.3 Å². The fraction of sp³-hybridized carbons (Fsp3) is 0.250. The van der Waals surface area contributed by atoms with Gasteiger partial charge in [-0.3, -0.25) is 9.78 Å². The molecular weight excluding hydrogens is 288 g/mol. The number of nitrogens with zero attached hydrogens (tertiary/aromatic N) is 2. The van der Waals surface area contributed by atoms with E-state index in [0.29, 0.717) is 30.8 Å². The summed E-state index contributed by atoms with van der Waals surface area (Å²) in [5.74, 6) is -1.37. The average Bonchev–Trinajstić information content (AvgIpc) is 2.96. The second kappa shape index (κ2) is 6.09. The Morgan fingerprint density at radius 1 is 1.32 bits per heavy atom. The van der Waals surface area contributed by atoms with Crippen LogP contribution in [-0.2, 0) is 0 Å². The summed E-state index contributed by atoms with van der Waals surface area (Å²) in [5, 5.41) is 2.91. The van der Waals surface area contributed by atoms with Gasteiger partial charge in [0, 0.05) is 37.6 Å². The van der Waals surface area contributed by atoms with Crippen molar-refractivity contribution in [1.82, 2.24) is 10.3 Å². The fourth-order valence-corrected chi connectivity index (χ4v) is 2.60. The van der Waals surface area contributed by atoms with Gasteiger partial charge in [0.15, 0.2) is 0 Å². The van der Waals surface area contributed by atoms with Crippen LogP contribution < -0.4 is 10.2 Å². The molecule has 0 aliphatic carbocycles. The van der Waals surface area contributed by atoms with Crippen LogP contribution in [0.4, 0.5) is 14.5 Å². The van der Waals surface area contributed by atoms with Crippen molar-refractivity contribution in [2.45, 2.75) is 12.5 Å². The Kier molecular flexibility index (Phi) is 4.00. The summed E-state index contributed by atoms with van der Waals surface area (Å²) in [5.41, 5.74) is 0.855. The standard InChI is InChI=1S/C16H15F2N3O/c17-12-3-4-15(14(18)8-12)21-7-5-13(10-21)20-16(22)11-2-1-6-19-9-11/h1-4,6,8-9,13H,5,7,10H2,(H,20,22)/t13-/m0/s1. The van der Waals surface area contributed by atoms with E-state index in [4.69, 9.17) is 0 Å². The van der Waals surface area contributed by atoms with Crippen LogP contribution in [0.1, 0.15) is 16.8 Å². The molecule has 3 rings (SSSR count). The summed E-state index contributed by atoms with van der Waals surface area (Å²) in [6.07, 6.45) is 3.82. The highest BCUT2D eigenvalue weighted by atomic mass is 19.1. The molecule has 114 valence electrons. The normalized spacial score (nSPS) is 17.5. The maximum absolute atomic E-state index is 13.8. The zero-order chi connectivity index (χ0) is 15.5. The SMILES string of the molecule is O=C(N[C@H]1CCN(c2ccc(F)cc2F)C1)c1cccnc1. The average molecular weight is 303 g/mol. The molecule has 1 aliphatic rings. The van der Waals surface area contributed by atoms with Crippen LogP contribution in [-0.4, -0.2) is 30.0 Å². The maximum atomic E-state index is 13.8. The van der Waals surface area contributed by atoms with Gasteiger partial charge in [-0.15, -0.1) is 0 Å². The van der Waals surface area contributed by atoms with E-state index in [9.17, 15) is 13.6 Å². The number of anilines is 1. The Morgan fingerprint density at radius 3 is 2.91 bits per heavy atom. The summed E-state index contributed by atoms with van der Waals surface area (Å²) in [4.78, 5) is 17.8. The van der Waals surface area contributed by atoms with Gasteiger partial charge in [-0.05, 0) is 30.7 Å². The number of carbonyl (C=O) groups is 1. The third kappa shape index (κ3) is 3.05. The van der Waals surface area contributed by atoms with Crippen LogP contribution in [0.5, 0.6) is 0 Å². The van der Waals surface area contributed by atoms with Gasteiger partial charge >= 0.3 is 0 Å². The molecule has 1 amide bonds. The van der Waals surface area contributed by atoms with Crippen molar-refractivity contribution in [3.63, 3.8) is 0 Å². The molecule has 0 radical (unpaired) electrons. The Balaban J connectivity index is 1.64. The summed E-state index contributed by atoms with van der Waals surface area (Å²) in [6, 6.07) is 6.85. The molecule has 1 N–H and O–H groups in total. The molecule has 1 aromatic heterocycles. The van der Waals surface area contributed by atoms with Crippen LogP contribution in [0.15, 0.2) is 42.7 Å². The van der Waals surface area contributed by atoms with Gasteiger partial charge in [-0.2, -0.15) is 0 Å². The van der Waals surface area contributed by atoms with Gasteiger partial charge in [0.2, 0.25) is 0 Å². The number of benzene rings is 1. The van der Waals surface area contributed by atoms with Gasteiger partial charge in [-0.25, -0.2) is 8.78 Å². The molecular formula is C16H15F2N3O. The second-order valence-corrected chi connectivity index (χ2v) is 5.24. The Bertz CT molecular complexity index is 678. The van der Waals surface area contributed by atoms with E-state index in [-0.39, 0.29) is 11.9 Å². The number of pyridine rings is 1. The second-order valence-electron chi connectivity index (χ2n) is 5.24. The van der Waals surface area contributed by atoms with Gasteiger partial charge in [-0.1, -0.05) is 0 Å². The van der Waals surface area contributed by atoms with E-state index in [1.165, 1.54) is 18.3 Å². The molecule has 0 unspecified atom stereocenters. The Hall–Kier alpha value is -2.50. The Labute approximate surface area is 126 Å². The van der Waals surface area contributed by atoms with Crippen molar-refractivity contribution >= 4 is 11.6 Å². The predicted molar refractivity (Wildman–Crippen MR) is 78.7 cm³/mol. The summed E-state index contributed by atoms with van der Waals surface area (Å²) >= 11 is 0. The molecule has 2 aromatic rings. The first kappa shape index (κ1) is 14.4. The molecule has 6 heteroatoms. The molecule has 1 fully saturated rings. The highest BCUT2D eigenvalue weighted by Gasteiger charge is 2.26. The number of nitrogens with one attached hydrogen (secondary N) is 1. The lowest BCUT2D eigenvalue weighted by molar-refractivity contribution is 0.0940. The van der Waals surface area contributed by atoms with E-state index in [1.807, 2.05) is 4.90 Å². The van der Waals surface area contributed by atoms with Crippen molar-refractivity contribution < 1.29 is 13.6 Å². The highest BCUT2D eigenvalue weighted by molar-refractivity contribution is 5.94. The first-order valence-electron chi connectivity index (χ1n) is 7.04. The van der Waals surface area contributed by atoms with Crippen LogP contribution in [0.3, 0.4) is 0 Å². The van der Waals surface area contributed by atoms with Gasteiger partial charge in [0.05, 0.1) is 11.3 Å². The van der Waals surface area contributed by atoms with Crippen LogP contribution >= 0.6 is 0 Å². The molecule has 0 spiro atoms. The number of rotatable bonds is 3. The summed E-state index contributed by atoms with van der Waals surface area (Å²) in [7, 11) is 0. The lowest BCUT2D eigenvalue weighted by atomic mass is 10.2. The quantitative estimate of drug-likeness (QED) is 0.947. The van der Waals surface area contributed by atoms with Crippen molar-refractivity contribution in [2.24, 2.45) is 0 Å². The third-order valence-corrected chi connectivity index (χ3v) is 3.70. The largest absolute Gasteiger partial charge is 0.367 e. The minimum absolute atomic E-state index is 0.0721. The monoisotopic (exact) mass is 303 g/mol. The number of aromatic nitrogens is 1. The minimum atomic E-state index is -0.595. The lowest BCUT2D eigenvalue weighted by Gasteiger charge is -2.19. The number of amides is 1. The van der Waals surface area contributed by atoms with Crippen LogP contribution in [0.25, 0.3) is 0 Å². The molecule has 22 heavy (non-hydrogen) atoms. The highest BCUT2D eigenvalue weighted by Crippen LogP contribution is 2.24. The van der Waals surface area contributed by atoms with Gasteiger partial charge in [0.25, 0.3) is 5.91 Å². The van der Waals surface area contributed by atoms with Crippen molar-refractivity contribution in [2.75, 3.05) is 18.0 Å². The number of hydrogen-bond donors (Lipinski definition) is 1. The van der Waals surface area contributed by atoms with E-state index in [1.54, 1.807) is 18.3 Å². The fourth-order valence-electron chi connectivity index (χ4n) is 2.60. The summed E-state index contributed by atoms with van der Waals surface area (Å²) in [6.45, 7) is 1.11. The molecule has 0 bridgehead atoms. The van der Waals surface area contributed by atoms with Crippen LogP contribution in [0, 0.1) is 11.6 Å². The zero-order valence-electron chi connectivity index (χ0n) is 11.8. The predicted octanol–water partition coefficient (Wildman–Crippen LogP) is 2.37. The first-order chi connectivity index (χ1) is 10.6. The summed E-state index contributed by atoms with van der Waals surface area (Å²) < 4.78 is 26.7. The maximum Gasteiger partial charge on any atom is 0.253 e. The van der Waals surface area contributed by atoms with E-state index in [0.717, 1.165) is 6.07 Å². The van der Waals surface area contributed by atoms with Crippen molar-refractivity contribution in [3.8, 4) is 0 Å².